The molecule has 0 spiro atoms. The number of nitrogens with one attached hydrogen (secondary N) is 2. The molecule has 0 saturated heterocycles. The number of benzene rings is 1. The molecule has 6 heteroatoms. The first-order chi connectivity index (χ1) is 12.2. The van der Waals surface area contributed by atoms with Crippen LogP contribution in [0.4, 0.5) is 17.3 Å². The van der Waals surface area contributed by atoms with Gasteiger partial charge in [0.05, 0.1) is 5.41 Å². The molecule has 1 heterocycles. The highest BCUT2D eigenvalue weighted by atomic mass is 16.2. The lowest BCUT2D eigenvalue weighted by atomic mass is 9.79. The van der Waals surface area contributed by atoms with E-state index in [0.29, 0.717) is 18.8 Å². The minimum atomic E-state index is -0.480. The average Bonchev–Trinajstić information content (AvgIpc) is 3.14. The molecule has 1 amide bonds. The van der Waals surface area contributed by atoms with Crippen molar-refractivity contribution in [3.05, 3.63) is 42.7 Å². The molecule has 0 unspecified atom stereocenters. The van der Waals surface area contributed by atoms with Gasteiger partial charge in [-0.25, -0.2) is 9.97 Å². The Morgan fingerprint density at radius 1 is 1.12 bits per heavy atom. The second-order valence-corrected chi connectivity index (χ2v) is 6.89. The molecule has 128 valence electrons. The van der Waals surface area contributed by atoms with E-state index in [2.05, 4.69) is 20.6 Å². The number of hydrogen-bond acceptors (Lipinski definition) is 5. The number of nitrogens with zero attached hydrogens (tertiary/aromatic N) is 2. The van der Waals surface area contributed by atoms with Crippen molar-refractivity contribution in [2.75, 3.05) is 10.6 Å². The number of hydrogen-bond donors (Lipinski definition) is 2. The number of fused-ring (bicyclic) bond motifs is 1. The van der Waals surface area contributed by atoms with Crippen molar-refractivity contribution in [1.29, 1.82) is 0 Å². The van der Waals surface area contributed by atoms with Crippen molar-refractivity contribution in [3.63, 3.8) is 0 Å². The number of rotatable bonds is 4. The Labute approximate surface area is 146 Å². The Hall–Kier alpha value is -2.76. The smallest absolute Gasteiger partial charge is 0.231 e. The zero-order valence-electron chi connectivity index (χ0n) is 13.9. The van der Waals surface area contributed by atoms with E-state index in [1.807, 2.05) is 24.3 Å². The summed E-state index contributed by atoms with van der Waals surface area (Å²) in [5.41, 5.74) is 1.10. The predicted molar refractivity (Wildman–Crippen MR) is 94.4 cm³/mol. The normalized spacial score (nSPS) is 24.8. The number of carbonyl (C=O) groups is 2. The van der Waals surface area contributed by atoms with Crippen molar-refractivity contribution in [1.82, 2.24) is 9.97 Å². The molecule has 0 radical (unpaired) electrons. The Kier molecular flexibility index (Phi) is 3.95. The summed E-state index contributed by atoms with van der Waals surface area (Å²) in [6.07, 6.45) is 7.14. The number of amides is 1. The molecule has 2 aromatic rings. The molecule has 2 atom stereocenters. The Morgan fingerprint density at radius 2 is 1.84 bits per heavy atom. The first-order valence-corrected chi connectivity index (χ1v) is 8.63. The van der Waals surface area contributed by atoms with Gasteiger partial charge in [-0.3, -0.25) is 9.59 Å². The molecule has 0 aliphatic heterocycles. The zero-order valence-corrected chi connectivity index (χ0v) is 13.9. The lowest BCUT2D eigenvalue weighted by molar-refractivity contribution is -0.128. The van der Waals surface area contributed by atoms with Gasteiger partial charge >= 0.3 is 0 Å². The van der Waals surface area contributed by atoms with E-state index in [-0.39, 0.29) is 17.6 Å². The highest BCUT2D eigenvalue weighted by Gasteiger charge is 2.54. The Bertz CT molecular complexity index is 791. The van der Waals surface area contributed by atoms with Crippen molar-refractivity contribution < 1.29 is 9.59 Å². The third kappa shape index (κ3) is 2.99. The van der Waals surface area contributed by atoms with Crippen LogP contribution in [0.15, 0.2) is 42.7 Å². The second kappa shape index (κ2) is 6.27. The van der Waals surface area contributed by atoms with Gasteiger partial charge in [0.1, 0.15) is 5.78 Å². The van der Waals surface area contributed by atoms with Gasteiger partial charge in [-0.2, -0.15) is 0 Å². The molecular weight excluding hydrogens is 316 g/mol. The molecule has 2 aliphatic carbocycles. The number of Topliss-reactive ketones (excluding diaryl/α,β-unsaturated/α-hetero) is 1. The first kappa shape index (κ1) is 15.7. The van der Waals surface area contributed by atoms with E-state index in [9.17, 15) is 9.59 Å². The van der Waals surface area contributed by atoms with E-state index in [0.717, 1.165) is 30.6 Å². The Morgan fingerprint density at radius 3 is 2.60 bits per heavy atom. The van der Waals surface area contributed by atoms with Gasteiger partial charge in [-0.15, -0.1) is 0 Å². The molecule has 25 heavy (non-hydrogen) atoms. The summed E-state index contributed by atoms with van der Waals surface area (Å²) < 4.78 is 0. The molecule has 2 N–H and O–H groups in total. The van der Waals surface area contributed by atoms with E-state index in [1.165, 1.54) is 0 Å². The van der Waals surface area contributed by atoms with Crippen LogP contribution in [-0.4, -0.2) is 21.7 Å². The second-order valence-electron chi connectivity index (χ2n) is 6.89. The fourth-order valence-corrected chi connectivity index (χ4v) is 4.14. The van der Waals surface area contributed by atoms with E-state index >= 15 is 0 Å². The fraction of sp³-hybridized carbons (Fsp3) is 0.368. The summed E-state index contributed by atoms with van der Waals surface area (Å²) >= 11 is 0. The molecule has 1 aromatic heterocycles. The highest BCUT2D eigenvalue weighted by molar-refractivity contribution is 6.01. The van der Waals surface area contributed by atoms with Crippen molar-refractivity contribution >= 4 is 29.0 Å². The summed E-state index contributed by atoms with van der Waals surface area (Å²) in [7, 11) is 0. The van der Waals surface area contributed by atoms with Gasteiger partial charge in [-0.05, 0) is 49.1 Å². The van der Waals surface area contributed by atoms with Crippen molar-refractivity contribution in [3.8, 4) is 0 Å². The topological polar surface area (TPSA) is 84.0 Å². The summed E-state index contributed by atoms with van der Waals surface area (Å²) in [5, 5.41) is 6.11. The third-order valence-corrected chi connectivity index (χ3v) is 5.36. The zero-order chi connectivity index (χ0) is 17.3. The van der Waals surface area contributed by atoms with Gasteiger partial charge in [0.2, 0.25) is 11.9 Å². The number of anilines is 3. The van der Waals surface area contributed by atoms with Crippen molar-refractivity contribution in [2.24, 2.45) is 11.3 Å². The van der Waals surface area contributed by atoms with Crippen LogP contribution in [0, 0.1) is 11.3 Å². The SMILES string of the molecule is O=C1C[C@@H]2CCC[C@]2(C(=O)Nc2ccc(Nc3ncccn3)cc2)C1. The minimum absolute atomic E-state index is 0.00653. The minimum Gasteiger partial charge on any atom is -0.326 e. The molecule has 2 saturated carbocycles. The highest BCUT2D eigenvalue weighted by Crippen LogP contribution is 2.53. The number of ketones is 1. The molecule has 0 bridgehead atoms. The summed E-state index contributed by atoms with van der Waals surface area (Å²) in [6.45, 7) is 0. The van der Waals surface area contributed by atoms with Crippen LogP contribution in [0.3, 0.4) is 0 Å². The van der Waals surface area contributed by atoms with E-state index < -0.39 is 5.41 Å². The van der Waals surface area contributed by atoms with Crippen LogP contribution in [0.5, 0.6) is 0 Å². The average molecular weight is 336 g/mol. The fourth-order valence-electron chi connectivity index (χ4n) is 4.14. The molecule has 2 aliphatic rings. The lowest BCUT2D eigenvalue weighted by Gasteiger charge is -2.27. The predicted octanol–water partition coefficient (Wildman–Crippen LogP) is 3.31. The summed E-state index contributed by atoms with van der Waals surface area (Å²) in [6, 6.07) is 9.19. The van der Waals surface area contributed by atoms with Crippen LogP contribution in [0.1, 0.15) is 32.1 Å². The van der Waals surface area contributed by atoms with Gasteiger partial charge in [0.15, 0.2) is 0 Å². The standard InChI is InChI=1S/C19H20N4O2/c24-16-11-13-3-1-8-19(13,12-16)17(25)22-14-4-6-15(7-5-14)23-18-20-9-2-10-21-18/h2,4-7,9-10,13H,1,3,8,11-12H2,(H,22,25)(H,20,21,23)/t13-,19-/m0/s1. The lowest BCUT2D eigenvalue weighted by Crippen LogP contribution is -2.36. The molecule has 1 aromatic carbocycles. The van der Waals surface area contributed by atoms with Crippen LogP contribution < -0.4 is 10.6 Å². The van der Waals surface area contributed by atoms with E-state index in [1.54, 1.807) is 18.5 Å². The van der Waals surface area contributed by atoms with Crippen LogP contribution in [0.25, 0.3) is 0 Å². The van der Waals surface area contributed by atoms with Gasteiger partial charge in [0, 0.05) is 36.6 Å². The van der Waals surface area contributed by atoms with Gasteiger partial charge in [0.25, 0.3) is 0 Å². The number of aromatic nitrogens is 2. The summed E-state index contributed by atoms with van der Waals surface area (Å²) in [4.78, 5) is 32.9. The van der Waals surface area contributed by atoms with Crippen molar-refractivity contribution in [2.45, 2.75) is 32.1 Å². The summed E-state index contributed by atoms with van der Waals surface area (Å²) in [5.74, 6) is 0.961. The first-order valence-electron chi connectivity index (χ1n) is 8.63. The molecular formula is C19H20N4O2. The molecule has 4 rings (SSSR count). The van der Waals surface area contributed by atoms with Gasteiger partial charge in [-0.1, -0.05) is 6.42 Å². The molecule has 2 fully saturated rings. The quantitative estimate of drug-likeness (QED) is 0.895. The van der Waals surface area contributed by atoms with Crippen LogP contribution in [-0.2, 0) is 9.59 Å². The number of carbonyl (C=O) groups excluding carboxylic acids is 2. The molecule has 6 nitrogen and oxygen atoms in total. The Balaban J connectivity index is 1.44. The third-order valence-electron chi connectivity index (χ3n) is 5.36. The van der Waals surface area contributed by atoms with Crippen LogP contribution >= 0.6 is 0 Å². The maximum absolute atomic E-state index is 12.8. The van der Waals surface area contributed by atoms with Crippen LogP contribution in [0.2, 0.25) is 0 Å². The monoisotopic (exact) mass is 336 g/mol. The maximum Gasteiger partial charge on any atom is 0.231 e. The maximum atomic E-state index is 12.8. The largest absolute Gasteiger partial charge is 0.326 e. The van der Waals surface area contributed by atoms with Gasteiger partial charge < -0.3 is 10.6 Å². The van der Waals surface area contributed by atoms with E-state index in [4.69, 9.17) is 0 Å².